The number of rotatable bonds is 5. The van der Waals surface area contributed by atoms with Crippen molar-refractivity contribution >= 4 is 17.4 Å². The molecule has 7 heteroatoms. The number of amides is 1. The Kier molecular flexibility index (Phi) is 5.26. The van der Waals surface area contributed by atoms with Crippen LogP contribution in [0.5, 0.6) is 5.75 Å². The zero-order valence-electron chi connectivity index (χ0n) is 16.2. The van der Waals surface area contributed by atoms with Crippen LogP contribution in [0.25, 0.3) is 5.76 Å². The van der Waals surface area contributed by atoms with Crippen LogP contribution in [0, 0.1) is 0 Å². The molecule has 1 aliphatic heterocycles. The number of likely N-dealkylation sites (tertiary alicyclic amines) is 1. The molecule has 1 amide bonds. The van der Waals surface area contributed by atoms with E-state index in [1.165, 1.54) is 17.3 Å². The van der Waals surface area contributed by atoms with Gasteiger partial charge in [-0.1, -0.05) is 18.2 Å². The van der Waals surface area contributed by atoms with Gasteiger partial charge < -0.3 is 14.7 Å². The third-order valence-electron chi connectivity index (χ3n) is 4.98. The number of hydrogen-bond donors (Lipinski definition) is 1. The van der Waals surface area contributed by atoms with Gasteiger partial charge in [0.05, 0.1) is 18.7 Å². The Morgan fingerprint density at radius 1 is 1.07 bits per heavy atom. The van der Waals surface area contributed by atoms with E-state index in [1.807, 2.05) is 6.07 Å². The number of aliphatic hydroxyl groups is 1. The summed E-state index contributed by atoms with van der Waals surface area (Å²) in [6.45, 7) is 0.174. The second kappa shape index (κ2) is 8.16. The highest BCUT2D eigenvalue weighted by atomic mass is 16.5. The van der Waals surface area contributed by atoms with E-state index in [0.29, 0.717) is 16.9 Å². The fraction of sp³-hybridized carbons (Fsp3) is 0.130. The highest BCUT2D eigenvalue weighted by Gasteiger charge is 2.46. The lowest BCUT2D eigenvalue weighted by Crippen LogP contribution is -2.29. The molecular formula is C23H19N3O4. The molecule has 4 rings (SSSR count). The van der Waals surface area contributed by atoms with Gasteiger partial charge in [0.25, 0.3) is 11.7 Å². The van der Waals surface area contributed by atoms with Gasteiger partial charge in [-0.25, -0.2) is 0 Å². The largest absolute Gasteiger partial charge is 0.507 e. The molecule has 7 nitrogen and oxygen atoms in total. The van der Waals surface area contributed by atoms with Crippen molar-refractivity contribution in [1.29, 1.82) is 0 Å². The Balaban J connectivity index is 1.87. The first-order valence-electron chi connectivity index (χ1n) is 9.32. The van der Waals surface area contributed by atoms with Gasteiger partial charge in [-0.15, -0.1) is 0 Å². The van der Waals surface area contributed by atoms with E-state index in [1.54, 1.807) is 62.0 Å². The predicted molar refractivity (Wildman–Crippen MR) is 109 cm³/mol. The number of pyridine rings is 2. The summed E-state index contributed by atoms with van der Waals surface area (Å²) in [6.07, 6.45) is 6.31. The van der Waals surface area contributed by atoms with Crippen molar-refractivity contribution in [3.05, 3.63) is 95.6 Å². The first-order valence-corrected chi connectivity index (χ1v) is 9.32. The van der Waals surface area contributed by atoms with Crippen molar-refractivity contribution in [3.8, 4) is 5.75 Å². The molecule has 1 saturated heterocycles. The monoisotopic (exact) mass is 401 g/mol. The molecule has 30 heavy (non-hydrogen) atoms. The van der Waals surface area contributed by atoms with Gasteiger partial charge >= 0.3 is 0 Å². The molecule has 0 saturated carbocycles. The van der Waals surface area contributed by atoms with Gasteiger partial charge in [0.15, 0.2) is 0 Å². The van der Waals surface area contributed by atoms with Gasteiger partial charge in [-0.05, 0) is 41.5 Å². The fourth-order valence-electron chi connectivity index (χ4n) is 3.55. The number of carbonyl (C=O) groups is 2. The normalized spacial score (nSPS) is 17.9. The molecule has 2 aromatic heterocycles. The van der Waals surface area contributed by atoms with E-state index >= 15 is 0 Å². The number of carbonyl (C=O) groups excluding carboxylic acids is 2. The van der Waals surface area contributed by atoms with Gasteiger partial charge in [0, 0.05) is 36.9 Å². The minimum absolute atomic E-state index is 0.0309. The van der Waals surface area contributed by atoms with Crippen molar-refractivity contribution < 1.29 is 19.4 Å². The van der Waals surface area contributed by atoms with E-state index in [2.05, 4.69) is 9.97 Å². The van der Waals surface area contributed by atoms with Crippen molar-refractivity contribution in [1.82, 2.24) is 14.9 Å². The summed E-state index contributed by atoms with van der Waals surface area (Å²) in [6, 6.07) is 13.1. The average Bonchev–Trinajstić information content (AvgIpc) is 3.05. The first-order chi connectivity index (χ1) is 14.6. The second-order valence-electron chi connectivity index (χ2n) is 6.80. The molecule has 1 atom stereocenters. The molecule has 1 N–H and O–H groups in total. The molecule has 0 spiro atoms. The Labute approximate surface area is 173 Å². The lowest BCUT2D eigenvalue weighted by Gasteiger charge is -2.25. The Bertz CT molecular complexity index is 1110. The summed E-state index contributed by atoms with van der Waals surface area (Å²) < 4.78 is 5.32. The Hall–Kier alpha value is -4.00. The zero-order valence-corrected chi connectivity index (χ0v) is 16.2. The summed E-state index contributed by atoms with van der Waals surface area (Å²) in [4.78, 5) is 35.4. The summed E-state index contributed by atoms with van der Waals surface area (Å²) in [5, 5.41) is 11.0. The quantitative estimate of drug-likeness (QED) is 0.401. The molecule has 0 aliphatic carbocycles. The molecule has 1 aromatic carbocycles. The van der Waals surface area contributed by atoms with Crippen LogP contribution in [-0.4, -0.2) is 38.8 Å². The molecule has 1 unspecified atom stereocenters. The molecule has 150 valence electrons. The van der Waals surface area contributed by atoms with Crippen molar-refractivity contribution in [2.75, 3.05) is 7.11 Å². The van der Waals surface area contributed by atoms with Gasteiger partial charge in [0.1, 0.15) is 11.5 Å². The number of nitrogens with zero attached hydrogens (tertiary/aromatic N) is 3. The number of ether oxygens (including phenoxy) is 1. The summed E-state index contributed by atoms with van der Waals surface area (Å²) in [5.41, 5.74) is 1.88. The van der Waals surface area contributed by atoms with Crippen LogP contribution in [-0.2, 0) is 16.1 Å². The maximum absolute atomic E-state index is 13.0. The number of hydrogen-bond acceptors (Lipinski definition) is 6. The molecule has 0 bridgehead atoms. The summed E-state index contributed by atoms with van der Waals surface area (Å²) in [7, 11) is 1.54. The maximum Gasteiger partial charge on any atom is 0.295 e. The van der Waals surface area contributed by atoms with Crippen LogP contribution >= 0.6 is 0 Å². The van der Waals surface area contributed by atoms with E-state index in [-0.39, 0.29) is 17.9 Å². The van der Waals surface area contributed by atoms with Crippen molar-refractivity contribution in [2.45, 2.75) is 12.6 Å². The van der Waals surface area contributed by atoms with Crippen LogP contribution < -0.4 is 4.74 Å². The molecule has 3 heterocycles. The maximum atomic E-state index is 13.0. The molecule has 3 aromatic rings. The number of ketones is 1. The van der Waals surface area contributed by atoms with Crippen molar-refractivity contribution in [2.24, 2.45) is 0 Å². The zero-order chi connectivity index (χ0) is 21.1. The van der Waals surface area contributed by atoms with E-state index in [0.717, 1.165) is 5.56 Å². The Morgan fingerprint density at radius 2 is 1.87 bits per heavy atom. The second-order valence-corrected chi connectivity index (χ2v) is 6.80. The van der Waals surface area contributed by atoms with Crippen LogP contribution in [0.15, 0.2) is 78.9 Å². The average molecular weight is 401 g/mol. The third-order valence-corrected chi connectivity index (χ3v) is 4.98. The molecule has 1 aliphatic rings. The van der Waals surface area contributed by atoms with Crippen LogP contribution in [0.3, 0.4) is 0 Å². The molecule has 0 radical (unpaired) electrons. The molecule has 1 fully saturated rings. The standard InChI is InChI=1S/C23H19N3O4/c1-30-18-6-2-5-17(12-18)20-19(21(27)16-7-10-24-11-8-16)22(28)23(29)26(20)14-15-4-3-9-25-13-15/h2-13,20,27H,14H2,1H3/b21-19+. The number of aromatic nitrogens is 2. The number of aliphatic hydroxyl groups excluding tert-OH is 1. The lowest BCUT2D eigenvalue weighted by atomic mass is 9.95. The number of Topliss-reactive ketones (excluding diaryl/α,β-unsaturated/α-hetero) is 1. The van der Waals surface area contributed by atoms with E-state index in [9.17, 15) is 14.7 Å². The van der Waals surface area contributed by atoms with E-state index in [4.69, 9.17) is 4.74 Å². The number of methoxy groups -OCH3 is 1. The van der Waals surface area contributed by atoms with E-state index < -0.39 is 17.7 Å². The third kappa shape index (κ3) is 3.53. The number of benzene rings is 1. The van der Waals surface area contributed by atoms with Crippen LogP contribution in [0.1, 0.15) is 22.7 Å². The molecular weight excluding hydrogens is 382 g/mol. The first kappa shape index (κ1) is 19.3. The lowest BCUT2D eigenvalue weighted by molar-refractivity contribution is -0.140. The van der Waals surface area contributed by atoms with Crippen LogP contribution in [0.2, 0.25) is 0 Å². The predicted octanol–water partition coefficient (Wildman–Crippen LogP) is 3.11. The highest BCUT2D eigenvalue weighted by molar-refractivity contribution is 6.46. The van der Waals surface area contributed by atoms with Gasteiger partial charge in [-0.3, -0.25) is 19.6 Å². The van der Waals surface area contributed by atoms with Crippen LogP contribution in [0.4, 0.5) is 0 Å². The fourth-order valence-corrected chi connectivity index (χ4v) is 3.55. The van der Waals surface area contributed by atoms with Gasteiger partial charge in [0.2, 0.25) is 0 Å². The topological polar surface area (TPSA) is 92.6 Å². The summed E-state index contributed by atoms with van der Waals surface area (Å²) >= 11 is 0. The minimum Gasteiger partial charge on any atom is -0.507 e. The Morgan fingerprint density at radius 3 is 2.57 bits per heavy atom. The van der Waals surface area contributed by atoms with Gasteiger partial charge in [-0.2, -0.15) is 0 Å². The van der Waals surface area contributed by atoms with Crippen molar-refractivity contribution in [3.63, 3.8) is 0 Å². The SMILES string of the molecule is COc1cccc(C2/C(=C(\O)c3ccncc3)C(=O)C(=O)N2Cc2cccnc2)c1. The highest BCUT2D eigenvalue weighted by Crippen LogP contribution is 2.40. The minimum atomic E-state index is -0.770. The smallest absolute Gasteiger partial charge is 0.295 e. The summed E-state index contributed by atoms with van der Waals surface area (Å²) in [5.74, 6) is -1.07.